The van der Waals surface area contributed by atoms with Crippen molar-refractivity contribution in [1.29, 1.82) is 0 Å². The highest BCUT2D eigenvalue weighted by atomic mass is 28.4. The van der Waals surface area contributed by atoms with Gasteiger partial charge in [0.25, 0.3) is 0 Å². The molecule has 236 valence electrons. The summed E-state index contributed by atoms with van der Waals surface area (Å²) in [5.41, 5.74) is 5.87. The lowest BCUT2D eigenvalue weighted by Crippen LogP contribution is -2.40. The number of rotatable bonds is 17. The smallest absolute Gasteiger partial charge is 0.240 e. The predicted octanol–water partition coefficient (Wildman–Crippen LogP) is 10.4. The minimum Gasteiger partial charge on any atom is -0.476 e. The summed E-state index contributed by atoms with van der Waals surface area (Å²) < 4.78 is 12.5. The van der Waals surface area contributed by atoms with Crippen LogP contribution in [0.2, 0.25) is 18.1 Å². The zero-order chi connectivity index (χ0) is 31.4. The van der Waals surface area contributed by atoms with Crippen LogP contribution in [0.1, 0.15) is 102 Å². The van der Waals surface area contributed by atoms with E-state index in [9.17, 15) is 0 Å². The number of ether oxygens (including phenoxy) is 1. The molecule has 0 aliphatic heterocycles. The van der Waals surface area contributed by atoms with E-state index in [1.165, 1.54) is 57.8 Å². The van der Waals surface area contributed by atoms with Crippen molar-refractivity contribution in [3.05, 3.63) is 65.6 Å². The summed E-state index contributed by atoms with van der Waals surface area (Å²) in [5.74, 6) is 0.570. The summed E-state index contributed by atoms with van der Waals surface area (Å²) in [7, 11) is -1.59. The highest BCUT2D eigenvalue weighted by Crippen LogP contribution is 2.36. The minimum absolute atomic E-state index is 0.304. The second-order valence-electron chi connectivity index (χ2n) is 13.4. The quantitative estimate of drug-likeness (QED) is 0.0873. The molecule has 7 heteroatoms. The molecule has 0 amide bonds. The fraction of sp³-hybridized carbons (Fsp3) is 0.514. The first-order valence-electron chi connectivity index (χ1n) is 16.6. The third-order valence-corrected chi connectivity index (χ3v) is 13.3. The largest absolute Gasteiger partial charge is 0.476 e. The molecule has 44 heavy (non-hydrogen) atoms. The van der Waals surface area contributed by atoms with Gasteiger partial charge in [-0.15, -0.1) is 0 Å². The Labute approximate surface area is 265 Å². The van der Waals surface area contributed by atoms with E-state index in [0.29, 0.717) is 23.2 Å². The van der Waals surface area contributed by atoms with Crippen molar-refractivity contribution in [2.45, 2.75) is 110 Å². The topological polar surface area (TPSA) is 70.0 Å². The minimum atomic E-state index is -1.59. The number of fused-ring (bicyclic) bond motifs is 2. The van der Waals surface area contributed by atoms with Gasteiger partial charge in [-0.2, -0.15) is 0 Å². The molecular weight excluding hydrogens is 561 g/mol. The fourth-order valence-corrected chi connectivity index (χ4v) is 6.05. The molecule has 2 aromatic carbocycles. The average Bonchev–Trinajstić information content (AvgIpc) is 2.99. The van der Waals surface area contributed by atoms with Gasteiger partial charge < -0.3 is 9.16 Å². The van der Waals surface area contributed by atoms with E-state index in [1.807, 2.05) is 67.6 Å². The number of para-hydroxylation sites is 4. The maximum atomic E-state index is 6.30. The molecule has 0 bridgehead atoms. The Kier molecular flexibility index (Phi) is 12.4. The van der Waals surface area contributed by atoms with Crippen LogP contribution in [0.5, 0.6) is 5.88 Å². The Morgan fingerprint density at radius 3 is 1.57 bits per heavy atom. The van der Waals surface area contributed by atoms with Gasteiger partial charge in [-0.05, 0) is 74.3 Å². The number of benzene rings is 2. The second kappa shape index (κ2) is 16.2. The number of nitrogens with zero attached hydrogens (tertiary/aromatic N) is 4. The summed E-state index contributed by atoms with van der Waals surface area (Å²) in [6.45, 7) is 15.2. The van der Waals surface area contributed by atoms with Gasteiger partial charge >= 0.3 is 0 Å². The molecule has 0 spiro atoms. The van der Waals surface area contributed by atoms with Crippen molar-refractivity contribution in [2.24, 2.45) is 0 Å². The molecule has 0 unspecified atom stereocenters. The molecule has 0 N–H and O–H groups in total. The lowest BCUT2D eigenvalue weighted by molar-refractivity contribution is 0.277. The molecule has 0 aliphatic carbocycles. The Hall–Kier alpha value is -3.16. The van der Waals surface area contributed by atoms with E-state index in [-0.39, 0.29) is 0 Å². The zero-order valence-electron chi connectivity index (χ0n) is 27.9. The van der Waals surface area contributed by atoms with Gasteiger partial charge in [0.1, 0.15) is 5.69 Å². The number of aromatic nitrogens is 4. The third-order valence-electron chi connectivity index (χ3n) is 8.79. The Morgan fingerprint density at radius 1 is 0.591 bits per heavy atom. The van der Waals surface area contributed by atoms with E-state index in [1.54, 1.807) is 0 Å². The van der Waals surface area contributed by atoms with Crippen molar-refractivity contribution in [2.75, 3.05) is 13.2 Å². The van der Waals surface area contributed by atoms with Gasteiger partial charge in [-0.25, -0.2) is 19.9 Å². The maximum Gasteiger partial charge on any atom is 0.240 e. The third kappa shape index (κ3) is 9.93. The Balaban J connectivity index is 1.17. The van der Waals surface area contributed by atoms with Crippen LogP contribution in [0.4, 0.5) is 0 Å². The lowest BCUT2D eigenvalue weighted by atomic mass is 10.1. The van der Waals surface area contributed by atoms with Crippen molar-refractivity contribution in [1.82, 2.24) is 19.9 Å². The van der Waals surface area contributed by atoms with E-state index in [0.717, 1.165) is 46.5 Å². The van der Waals surface area contributed by atoms with Crippen LogP contribution in [0.25, 0.3) is 34.2 Å². The molecule has 2 aromatic heterocycles. The standard InChI is InChI=1S/C37H52N4O2Si/c1-29-30(39-32-22-16-15-21-31(32)38-29)25-26-35-36(41-34-24-18-17-23-33(34)40-35)42-27-19-13-11-9-7-8-10-12-14-20-28-43-44(5,6)37(2,3)4/h15-18,21-26H,7-14,19-20,27-28H2,1-6H3/b26-25+. The van der Waals surface area contributed by atoms with E-state index >= 15 is 0 Å². The van der Waals surface area contributed by atoms with Crippen LogP contribution in [0, 0.1) is 6.92 Å². The Morgan fingerprint density at radius 2 is 1.02 bits per heavy atom. The van der Waals surface area contributed by atoms with Crippen molar-refractivity contribution >= 4 is 42.5 Å². The maximum absolute atomic E-state index is 6.30. The molecule has 4 rings (SSSR count). The van der Waals surface area contributed by atoms with Gasteiger partial charge in [0.2, 0.25) is 5.88 Å². The van der Waals surface area contributed by atoms with Crippen molar-refractivity contribution in [3.63, 3.8) is 0 Å². The first-order valence-corrected chi connectivity index (χ1v) is 19.5. The van der Waals surface area contributed by atoms with Crippen molar-refractivity contribution in [3.8, 4) is 5.88 Å². The summed E-state index contributed by atoms with van der Waals surface area (Å²) in [6.07, 6.45) is 16.4. The van der Waals surface area contributed by atoms with E-state index in [2.05, 4.69) is 33.9 Å². The summed E-state index contributed by atoms with van der Waals surface area (Å²) in [6, 6.07) is 15.9. The van der Waals surface area contributed by atoms with Gasteiger partial charge in [-0.3, -0.25) is 0 Å². The second-order valence-corrected chi connectivity index (χ2v) is 18.2. The van der Waals surface area contributed by atoms with Crippen LogP contribution in [0.15, 0.2) is 48.5 Å². The number of hydrogen-bond donors (Lipinski definition) is 0. The molecule has 6 nitrogen and oxygen atoms in total. The summed E-state index contributed by atoms with van der Waals surface area (Å²) >= 11 is 0. The van der Waals surface area contributed by atoms with Gasteiger partial charge in [0.05, 0.1) is 40.1 Å². The molecule has 0 aliphatic rings. The summed E-state index contributed by atoms with van der Waals surface area (Å²) in [4.78, 5) is 19.2. The summed E-state index contributed by atoms with van der Waals surface area (Å²) in [5, 5.41) is 0.304. The van der Waals surface area contributed by atoms with Gasteiger partial charge in [0.15, 0.2) is 8.32 Å². The van der Waals surface area contributed by atoms with E-state index in [4.69, 9.17) is 29.1 Å². The van der Waals surface area contributed by atoms with Crippen molar-refractivity contribution < 1.29 is 9.16 Å². The predicted molar refractivity (Wildman–Crippen MR) is 188 cm³/mol. The monoisotopic (exact) mass is 612 g/mol. The first-order chi connectivity index (χ1) is 21.1. The van der Waals surface area contributed by atoms with Crippen LogP contribution >= 0.6 is 0 Å². The van der Waals surface area contributed by atoms with Gasteiger partial charge in [0, 0.05) is 6.61 Å². The number of unbranched alkanes of at least 4 members (excludes halogenated alkanes) is 9. The SMILES string of the molecule is Cc1nc2ccccc2nc1/C=C/c1nc2ccccc2nc1OCCCCCCCCCCCCO[Si](C)(C)C(C)(C)C. The average molecular weight is 613 g/mol. The Bertz CT molecular complexity index is 1510. The van der Waals surface area contributed by atoms with Crippen LogP contribution < -0.4 is 4.74 Å². The number of aryl methyl sites for hydroxylation is 1. The lowest BCUT2D eigenvalue weighted by Gasteiger charge is -2.36. The molecule has 2 heterocycles. The molecule has 0 radical (unpaired) electrons. The molecule has 4 aromatic rings. The highest BCUT2D eigenvalue weighted by molar-refractivity contribution is 6.74. The molecule has 0 saturated heterocycles. The van der Waals surface area contributed by atoms with E-state index < -0.39 is 8.32 Å². The first kappa shape index (κ1) is 33.7. The molecule has 0 fully saturated rings. The zero-order valence-corrected chi connectivity index (χ0v) is 28.9. The van der Waals surface area contributed by atoms with Gasteiger partial charge in [-0.1, -0.05) is 96.4 Å². The van der Waals surface area contributed by atoms with Crippen LogP contribution in [-0.2, 0) is 4.43 Å². The molecular formula is C37H52N4O2Si. The highest BCUT2D eigenvalue weighted by Gasteiger charge is 2.36. The fourth-order valence-electron chi connectivity index (χ4n) is 4.96. The normalized spacial score (nSPS) is 12.5. The van der Waals surface area contributed by atoms with Crippen LogP contribution in [-0.4, -0.2) is 41.5 Å². The molecule has 0 atom stereocenters. The molecule has 0 saturated carbocycles. The van der Waals surface area contributed by atoms with Crippen LogP contribution in [0.3, 0.4) is 0 Å². The number of hydrogen-bond acceptors (Lipinski definition) is 6.